The molecule has 0 fully saturated rings. The molecule has 2 aliphatic heterocycles. The summed E-state index contributed by atoms with van der Waals surface area (Å²) >= 11 is 0. The van der Waals surface area contributed by atoms with Crippen molar-refractivity contribution >= 4 is 23.2 Å². The van der Waals surface area contributed by atoms with Gasteiger partial charge in [-0.15, -0.1) is 0 Å². The van der Waals surface area contributed by atoms with Gasteiger partial charge >= 0.3 is 35.9 Å². The van der Waals surface area contributed by atoms with Gasteiger partial charge in [-0.3, -0.25) is 0 Å². The summed E-state index contributed by atoms with van der Waals surface area (Å²) in [5.74, 6) is -3.47. The molecule has 288 valence electrons. The first kappa shape index (κ1) is 39.8. The normalized spacial score (nSPS) is 17.5. The first-order chi connectivity index (χ1) is 24.1. The molecule has 0 spiro atoms. The van der Waals surface area contributed by atoms with Crippen molar-refractivity contribution < 1.29 is 66.9 Å². The number of rotatable bonds is 6. The van der Waals surface area contributed by atoms with Gasteiger partial charge in [0.15, 0.2) is 5.90 Å². The Labute approximate surface area is 295 Å². The van der Waals surface area contributed by atoms with Crippen LogP contribution in [0.2, 0.25) is 0 Å². The van der Waals surface area contributed by atoms with Gasteiger partial charge < -0.3 is 14.2 Å². The SMILES string of the molecule is CCC(C)(CC)C1=Nc2ccc(Oc3ccc4c(c3)C(C(F)(F)F)(C(F)(F)F)OC(c3ccc(C(C)(C)C)cc3)=N4)cc2C(C(F)(F)F)(C(F)(F)F)O1. The van der Waals surface area contributed by atoms with Crippen molar-refractivity contribution in [1.29, 1.82) is 0 Å². The van der Waals surface area contributed by atoms with E-state index in [4.69, 9.17) is 14.2 Å². The van der Waals surface area contributed by atoms with Gasteiger partial charge in [-0.1, -0.05) is 53.7 Å². The Bertz CT molecular complexity index is 1900. The van der Waals surface area contributed by atoms with E-state index in [1.807, 2.05) is 20.8 Å². The molecule has 0 saturated carbocycles. The molecule has 53 heavy (non-hydrogen) atoms. The zero-order valence-corrected chi connectivity index (χ0v) is 28.8. The first-order valence-corrected chi connectivity index (χ1v) is 16.1. The van der Waals surface area contributed by atoms with Crippen LogP contribution >= 0.6 is 0 Å². The summed E-state index contributed by atoms with van der Waals surface area (Å²) in [6, 6.07) is 9.23. The second-order valence-electron chi connectivity index (χ2n) is 13.9. The van der Waals surface area contributed by atoms with Crippen molar-refractivity contribution in [2.75, 3.05) is 0 Å². The predicted octanol–water partition coefficient (Wildman–Crippen LogP) is 12.4. The van der Waals surface area contributed by atoms with Crippen LogP contribution in [0, 0.1) is 5.41 Å². The molecule has 5 rings (SSSR count). The molecule has 0 radical (unpaired) electrons. The fourth-order valence-electron chi connectivity index (χ4n) is 5.93. The first-order valence-electron chi connectivity index (χ1n) is 16.1. The third-order valence-electron chi connectivity index (χ3n) is 9.55. The summed E-state index contributed by atoms with van der Waals surface area (Å²) in [6.45, 7) is 9.94. The van der Waals surface area contributed by atoms with Crippen LogP contribution in [0.1, 0.15) is 76.6 Å². The van der Waals surface area contributed by atoms with Crippen LogP contribution in [0.25, 0.3) is 0 Å². The van der Waals surface area contributed by atoms with Gasteiger partial charge in [0.25, 0.3) is 0 Å². The Hall–Kier alpha value is -4.44. The van der Waals surface area contributed by atoms with Gasteiger partial charge in [-0.05, 0) is 72.4 Å². The Kier molecular flexibility index (Phi) is 9.43. The maximum Gasteiger partial charge on any atom is 0.442 e. The van der Waals surface area contributed by atoms with E-state index in [1.54, 1.807) is 0 Å². The molecule has 5 nitrogen and oxygen atoms in total. The van der Waals surface area contributed by atoms with Crippen LogP contribution in [0.15, 0.2) is 70.6 Å². The van der Waals surface area contributed by atoms with Crippen LogP contribution in [-0.4, -0.2) is 36.5 Å². The molecule has 0 aromatic heterocycles. The predicted molar refractivity (Wildman–Crippen MR) is 170 cm³/mol. The molecular weight excluding hydrogens is 736 g/mol. The molecule has 0 N–H and O–H groups in total. The fraction of sp³-hybridized carbons (Fsp3) is 0.444. The largest absolute Gasteiger partial charge is 0.457 e. The highest BCUT2D eigenvalue weighted by atomic mass is 19.4. The van der Waals surface area contributed by atoms with Crippen molar-refractivity contribution in [2.45, 2.75) is 95.7 Å². The van der Waals surface area contributed by atoms with Gasteiger partial charge in [0.1, 0.15) is 11.5 Å². The average Bonchev–Trinajstić information content (AvgIpc) is 3.04. The molecule has 0 unspecified atom stereocenters. The summed E-state index contributed by atoms with van der Waals surface area (Å²) in [5, 5.41) is 0. The number of hydrogen-bond donors (Lipinski definition) is 0. The van der Waals surface area contributed by atoms with Gasteiger partial charge in [-0.25, -0.2) is 9.98 Å². The lowest BCUT2D eigenvalue weighted by Gasteiger charge is -2.43. The number of halogens is 12. The van der Waals surface area contributed by atoms with E-state index >= 15 is 0 Å². The average molecular weight is 769 g/mol. The molecule has 0 amide bonds. The van der Waals surface area contributed by atoms with E-state index in [0.717, 1.165) is 24.3 Å². The highest BCUT2D eigenvalue weighted by Crippen LogP contribution is 2.60. The molecule has 2 aliphatic rings. The highest BCUT2D eigenvalue weighted by Gasteiger charge is 2.78. The Morgan fingerprint density at radius 3 is 1.38 bits per heavy atom. The van der Waals surface area contributed by atoms with Gasteiger partial charge in [0.2, 0.25) is 5.90 Å². The van der Waals surface area contributed by atoms with E-state index in [9.17, 15) is 52.7 Å². The zero-order chi connectivity index (χ0) is 39.8. The maximum atomic E-state index is 14.7. The molecular formula is C36H32F12N2O3. The van der Waals surface area contributed by atoms with Gasteiger partial charge in [-0.2, -0.15) is 52.7 Å². The summed E-state index contributed by atoms with van der Waals surface area (Å²) in [4.78, 5) is 7.87. The van der Waals surface area contributed by atoms with Gasteiger partial charge in [0.05, 0.1) is 11.4 Å². The minimum atomic E-state index is -6.17. The standard InChI is InChI=1S/C36H32F12N2O3/c1-7-30(6,8-2)28-50-26-16-14-22(18-24(26)32(53-28,35(43,44)45)36(46,47)48)51-21-13-15-25-23(17-21)31(33(37,38)39,34(40,41)42)52-27(49-25)19-9-11-20(12-10-19)29(3,4)5/h9-18H,7-8H2,1-6H3. The fourth-order valence-corrected chi connectivity index (χ4v) is 5.93. The number of benzene rings is 3. The highest BCUT2D eigenvalue weighted by molar-refractivity contribution is 5.98. The number of nitrogens with zero attached hydrogens (tertiary/aromatic N) is 2. The third kappa shape index (κ3) is 6.47. The van der Waals surface area contributed by atoms with E-state index < -0.39 is 92.5 Å². The second kappa shape index (κ2) is 12.6. The van der Waals surface area contributed by atoms with Crippen LogP contribution in [0.5, 0.6) is 11.5 Å². The number of ether oxygens (including phenoxy) is 3. The summed E-state index contributed by atoms with van der Waals surface area (Å²) in [7, 11) is 0. The van der Waals surface area contributed by atoms with Crippen LogP contribution < -0.4 is 4.74 Å². The van der Waals surface area contributed by atoms with Crippen molar-refractivity contribution in [3.63, 3.8) is 0 Å². The number of fused-ring (bicyclic) bond motifs is 2. The molecule has 17 heteroatoms. The lowest BCUT2D eigenvalue weighted by molar-refractivity contribution is -0.372. The molecule has 0 atom stereocenters. The van der Waals surface area contributed by atoms with E-state index in [1.165, 1.54) is 45.0 Å². The molecule has 0 aliphatic carbocycles. The Balaban J connectivity index is 1.67. The van der Waals surface area contributed by atoms with Crippen LogP contribution in [-0.2, 0) is 26.1 Å². The zero-order valence-electron chi connectivity index (χ0n) is 28.8. The monoisotopic (exact) mass is 768 g/mol. The smallest absolute Gasteiger partial charge is 0.442 e. The number of aliphatic imine (C=N–C) groups is 2. The Morgan fingerprint density at radius 1 is 0.566 bits per heavy atom. The van der Waals surface area contributed by atoms with E-state index in [0.29, 0.717) is 5.56 Å². The number of hydrogen-bond acceptors (Lipinski definition) is 5. The third-order valence-corrected chi connectivity index (χ3v) is 9.55. The maximum absolute atomic E-state index is 14.7. The van der Waals surface area contributed by atoms with Crippen molar-refractivity contribution in [1.82, 2.24) is 0 Å². The molecule has 0 bridgehead atoms. The molecule has 3 aromatic rings. The van der Waals surface area contributed by atoms with E-state index in [-0.39, 0.29) is 30.5 Å². The Morgan fingerprint density at radius 2 is 0.981 bits per heavy atom. The van der Waals surface area contributed by atoms with Crippen molar-refractivity contribution in [3.05, 3.63) is 82.9 Å². The van der Waals surface area contributed by atoms with Crippen LogP contribution in [0.3, 0.4) is 0 Å². The van der Waals surface area contributed by atoms with E-state index in [2.05, 4.69) is 9.98 Å². The topological polar surface area (TPSA) is 52.4 Å². The molecule has 0 saturated heterocycles. The second-order valence-corrected chi connectivity index (χ2v) is 13.9. The summed E-state index contributed by atoms with van der Waals surface area (Å²) in [5.41, 5.74) is -16.0. The summed E-state index contributed by atoms with van der Waals surface area (Å²) < 4.78 is 191. The summed E-state index contributed by atoms with van der Waals surface area (Å²) in [6.07, 6.45) is -24.5. The molecule has 3 aromatic carbocycles. The van der Waals surface area contributed by atoms with Gasteiger partial charge in [0, 0.05) is 22.1 Å². The minimum absolute atomic E-state index is 0.0546. The lowest BCUT2D eigenvalue weighted by Crippen LogP contribution is -2.59. The number of alkyl halides is 12. The molecule has 2 heterocycles. The van der Waals surface area contributed by atoms with Crippen molar-refractivity contribution in [2.24, 2.45) is 15.4 Å². The lowest BCUT2D eigenvalue weighted by atomic mass is 9.81. The quantitative estimate of drug-likeness (QED) is 0.235. The minimum Gasteiger partial charge on any atom is -0.457 e. The van der Waals surface area contributed by atoms with Crippen LogP contribution in [0.4, 0.5) is 64.1 Å². The van der Waals surface area contributed by atoms with Crippen molar-refractivity contribution in [3.8, 4) is 11.5 Å².